The van der Waals surface area contributed by atoms with E-state index in [9.17, 15) is 14.9 Å². The second-order valence-corrected chi connectivity index (χ2v) is 8.89. The molecule has 2 amide bonds. The van der Waals surface area contributed by atoms with Gasteiger partial charge in [0.05, 0.1) is 11.1 Å². The van der Waals surface area contributed by atoms with Crippen molar-refractivity contribution in [3.05, 3.63) is 86.9 Å². The van der Waals surface area contributed by atoms with Crippen LogP contribution in [0.15, 0.2) is 70.7 Å². The van der Waals surface area contributed by atoms with Crippen LogP contribution < -0.4 is 20.1 Å². The Labute approximate surface area is 222 Å². The van der Waals surface area contributed by atoms with Crippen molar-refractivity contribution < 1.29 is 19.1 Å². The van der Waals surface area contributed by atoms with Gasteiger partial charge in [0.2, 0.25) is 0 Å². The summed E-state index contributed by atoms with van der Waals surface area (Å²) in [5.74, 6) is -0.207. The molecule has 0 aliphatic heterocycles. The third-order valence-electron chi connectivity index (χ3n) is 4.76. The summed E-state index contributed by atoms with van der Waals surface area (Å²) in [6, 6.07) is 19.2. The predicted octanol–water partition coefficient (Wildman–Crippen LogP) is 6.37. The molecule has 0 fully saturated rings. The summed E-state index contributed by atoms with van der Waals surface area (Å²) in [4.78, 5) is 25.0. The van der Waals surface area contributed by atoms with Crippen LogP contribution in [0.2, 0.25) is 5.02 Å². The van der Waals surface area contributed by atoms with Crippen LogP contribution in [-0.2, 0) is 9.59 Å². The maximum Gasteiger partial charge on any atom is 0.266 e. The lowest BCUT2D eigenvalue weighted by molar-refractivity contribution is -0.118. The highest BCUT2D eigenvalue weighted by atomic mass is 79.9. The Morgan fingerprint density at radius 1 is 1.06 bits per heavy atom. The van der Waals surface area contributed by atoms with E-state index < -0.39 is 5.91 Å². The summed E-state index contributed by atoms with van der Waals surface area (Å²) in [6.07, 6.45) is 1.44. The van der Waals surface area contributed by atoms with Crippen LogP contribution >= 0.6 is 27.5 Å². The average molecular weight is 569 g/mol. The molecule has 184 valence electrons. The van der Waals surface area contributed by atoms with Gasteiger partial charge in [-0.05, 0) is 95.5 Å². The molecule has 0 spiro atoms. The van der Waals surface area contributed by atoms with Crippen LogP contribution in [0.25, 0.3) is 6.08 Å². The third-order valence-corrected chi connectivity index (χ3v) is 5.60. The first-order valence-corrected chi connectivity index (χ1v) is 12.1. The quantitative estimate of drug-likeness (QED) is 0.231. The number of carbonyl (C=O) groups excluding carboxylic acids is 2. The normalized spacial score (nSPS) is 10.8. The second kappa shape index (κ2) is 12.8. The Kier molecular flexibility index (Phi) is 9.51. The van der Waals surface area contributed by atoms with Gasteiger partial charge < -0.3 is 20.1 Å². The van der Waals surface area contributed by atoms with Crippen LogP contribution in [0.4, 0.5) is 11.4 Å². The summed E-state index contributed by atoms with van der Waals surface area (Å²) in [5, 5.41) is 15.5. The van der Waals surface area contributed by atoms with Gasteiger partial charge in [-0.2, -0.15) is 5.26 Å². The van der Waals surface area contributed by atoms with E-state index in [4.69, 9.17) is 21.1 Å². The fraction of sp³-hybridized carbons (Fsp3) is 0.148. The van der Waals surface area contributed by atoms with Gasteiger partial charge in [0.25, 0.3) is 11.8 Å². The number of rotatable bonds is 9. The van der Waals surface area contributed by atoms with Crippen LogP contribution in [0, 0.1) is 18.3 Å². The highest BCUT2D eigenvalue weighted by molar-refractivity contribution is 9.10. The number of aryl methyl sites for hydroxylation is 1. The molecule has 0 unspecified atom stereocenters. The molecule has 0 aliphatic carbocycles. The number of nitrogens with zero attached hydrogens (tertiary/aromatic N) is 1. The number of hydrogen-bond acceptors (Lipinski definition) is 5. The first-order chi connectivity index (χ1) is 17.3. The number of carbonyl (C=O) groups is 2. The molecule has 7 nitrogen and oxygen atoms in total. The number of hydrogen-bond donors (Lipinski definition) is 2. The molecule has 9 heteroatoms. The van der Waals surface area contributed by atoms with Crippen molar-refractivity contribution in [1.82, 2.24) is 0 Å². The number of benzene rings is 3. The van der Waals surface area contributed by atoms with Gasteiger partial charge in [0.15, 0.2) is 18.1 Å². The van der Waals surface area contributed by atoms with E-state index in [0.717, 1.165) is 5.56 Å². The molecule has 36 heavy (non-hydrogen) atoms. The maximum absolute atomic E-state index is 12.6. The van der Waals surface area contributed by atoms with Gasteiger partial charge in [0, 0.05) is 16.4 Å². The number of nitriles is 1. The number of amides is 2. The first kappa shape index (κ1) is 26.8. The highest BCUT2D eigenvalue weighted by Gasteiger charge is 2.16. The molecule has 0 saturated carbocycles. The maximum atomic E-state index is 12.6. The van der Waals surface area contributed by atoms with Crippen LogP contribution in [0.1, 0.15) is 18.1 Å². The van der Waals surface area contributed by atoms with Gasteiger partial charge >= 0.3 is 0 Å². The molecule has 0 radical (unpaired) electrons. The van der Waals surface area contributed by atoms with E-state index in [1.807, 2.05) is 38.1 Å². The topological polar surface area (TPSA) is 100 Å². The van der Waals surface area contributed by atoms with Gasteiger partial charge in [-0.1, -0.05) is 23.7 Å². The van der Waals surface area contributed by atoms with Gasteiger partial charge in [-0.3, -0.25) is 9.59 Å². The van der Waals surface area contributed by atoms with Crippen LogP contribution in [0.5, 0.6) is 11.5 Å². The monoisotopic (exact) mass is 567 g/mol. The number of ether oxygens (including phenoxy) is 2. The average Bonchev–Trinajstić information content (AvgIpc) is 2.83. The Balaban J connectivity index is 1.76. The van der Waals surface area contributed by atoms with Crippen LogP contribution in [0.3, 0.4) is 0 Å². The summed E-state index contributed by atoms with van der Waals surface area (Å²) >= 11 is 9.31. The minimum Gasteiger partial charge on any atom is -0.490 e. The Morgan fingerprint density at radius 3 is 2.47 bits per heavy atom. The molecule has 0 heterocycles. The van der Waals surface area contributed by atoms with Crippen molar-refractivity contribution in [3.63, 3.8) is 0 Å². The zero-order valence-corrected chi connectivity index (χ0v) is 21.9. The zero-order valence-electron chi connectivity index (χ0n) is 19.6. The molecule has 3 rings (SSSR count). The SMILES string of the molecule is CCOc1cc(/C=C(\C#N)C(=O)Nc2ccc(Cl)cc2)cc(Br)c1OCC(=O)Nc1cccc(C)c1. The Morgan fingerprint density at radius 2 is 1.81 bits per heavy atom. The molecule has 0 aliphatic rings. The molecule has 0 bridgehead atoms. The minimum absolute atomic E-state index is 0.106. The summed E-state index contributed by atoms with van der Waals surface area (Å²) < 4.78 is 11.9. The molecule has 2 N–H and O–H groups in total. The fourth-order valence-electron chi connectivity index (χ4n) is 3.18. The molecule has 0 aromatic heterocycles. The van der Waals surface area contributed by atoms with Crippen molar-refractivity contribution in [1.29, 1.82) is 5.26 Å². The predicted molar refractivity (Wildman–Crippen MR) is 144 cm³/mol. The van der Waals surface area contributed by atoms with Crippen LogP contribution in [-0.4, -0.2) is 25.0 Å². The summed E-state index contributed by atoms with van der Waals surface area (Å²) in [7, 11) is 0. The van der Waals surface area contributed by atoms with Crippen molar-refractivity contribution in [2.75, 3.05) is 23.8 Å². The third kappa shape index (κ3) is 7.60. The van der Waals surface area contributed by atoms with Crippen molar-refractivity contribution in [3.8, 4) is 17.6 Å². The lowest BCUT2D eigenvalue weighted by Crippen LogP contribution is -2.20. The number of anilines is 2. The summed E-state index contributed by atoms with van der Waals surface area (Å²) in [5.41, 5.74) is 2.64. The standard InChI is InChI=1S/C27H23BrClN3O4/c1-3-35-24-14-18(12-19(15-30)27(34)32-21-9-7-20(29)8-10-21)13-23(28)26(24)36-16-25(33)31-22-6-4-5-17(2)11-22/h4-14H,3,16H2,1-2H3,(H,31,33)(H,32,34)/b19-12+. The lowest BCUT2D eigenvalue weighted by Gasteiger charge is -2.15. The van der Waals surface area contributed by atoms with E-state index in [0.29, 0.717) is 44.5 Å². The van der Waals surface area contributed by atoms with E-state index in [1.54, 1.807) is 42.5 Å². The minimum atomic E-state index is -0.568. The number of nitrogens with one attached hydrogen (secondary N) is 2. The summed E-state index contributed by atoms with van der Waals surface area (Å²) in [6.45, 7) is 3.85. The molecule has 3 aromatic rings. The lowest BCUT2D eigenvalue weighted by atomic mass is 10.1. The molecule has 0 atom stereocenters. The second-order valence-electron chi connectivity index (χ2n) is 7.60. The Bertz CT molecular complexity index is 1330. The fourth-order valence-corrected chi connectivity index (χ4v) is 3.88. The molecule has 3 aromatic carbocycles. The highest BCUT2D eigenvalue weighted by Crippen LogP contribution is 2.37. The van der Waals surface area contributed by atoms with E-state index in [2.05, 4.69) is 26.6 Å². The van der Waals surface area contributed by atoms with E-state index >= 15 is 0 Å². The first-order valence-electron chi connectivity index (χ1n) is 10.9. The molecule has 0 saturated heterocycles. The van der Waals surface area contributed by atoms with Gasteiger partial charge in [-0.25, -0.2) is 0 Å². The van der Waals surface area contributed by atoms with Crippen molar-refractivity contribution >= 4 is 56.8 Å². The smallest absolute Gasteiger partial charge is 0.266 e. The van der Waals surface area contributed by atoms with Crippen molar-refractivity contribution in [2.45, 2.75) is 13.8 Å². The van der Waals surface area contributed by atoms with Gasteiger partial charge in [0.1, 0.15) is 11.6 Å². The molecular weight excluding hydrogens is 546 g/mol. The number of halogens is 2. The van der Waals surface area contributed by atoms with E-state index in [-0.39, 0.29) is 18.1 Å². The van der Waals surface area contributed by atoms with Gasteiger partial charge in [-0.15, -0.1) is 0 Å². The zero-order chi connectivity index (χ0) is 26.1. The Hall–Kier alpha value is -3.80. The largest absolute Gasteiger partial charge is 0.490 e. The van der Waals surface area contributed by atoms with Crippen molar-refractivity contribution in [2.24, 2.45) is 0 Å². The molecular formula is C27H23BrClN3O4. The van der Waals surface area contributed by atoms with E-state index in [1.165, 1.54) is 6.08 Å².